The molecule has 0 aliphatic heterocycles. The number of hydrogen-bond acceptors (Lipinski definition) is 3. The van der Waals surface area contributed by atoms with Crippen LogP contribution in [0.4, 0.5) is 4.39 Å². The largest absolute Gasteiger partial charge is 0.481 e. The maximum absolute atomic E-state index is 14.1. The van der Waals surface area contributed by atoms with E-state index in [0.717, 1.165) is 33.6 Å². The number of carboxylic acid groups (broad SMARTS) is 1. The predicted molar refractivity (Wildman–Crippen MR) is 108 cm³/mol. The minimum absolute atomic E-state index is 0.106. The predicted octanol–water partition coefficient (Wildman–Crippen LogP) is 3.73. The third kappa shape index (κ3) is 3.51. The zero-order valence-corrected chi connectivity index (χ0v) is 16.5. The van der Waals surface area contributed by atoms with E-state index in [-0.39, 0.29) is 12.2 Å². The molecule has 3 heterocycles. The first-order valence-electron chi connectivity index (χ1n) is 9.29. The summed E-state index contributed by atoms with van der Waals surface area (Å²) in [5, 5.41) is 14.4. The summed E-state index contributed by atoms with van der Waals surface area (Å²) in [7, 11) is 1.86. The van der Waals surface area contributed by atoms with E-state index in [1.165, 1.54) is 12.1 Å². The van der Waals surface area contributed by atoms with Crippen LogP contribution in [0.5, 0.6) is 0 Å². The van der Waals surface area contributed by atoms with Crippen molar-refractivity contribution < 1.29 is 14.3 Å². The first kappa shape index (κ1) is 18.9. The van der Waals surface area contributed by atoms with Crippen molar-refractivity contribution in [2.75, 3.05) is 0 Å². The van der Waals surface area contributed by atoms with Crippen molar-refractivity contribution in [2.45, 2.75) is 26.7 Å². The molecule has 0 bridgehead atoms. The summed E-state index contributed by atoms with van der Waals surface area (Å²) in [6.45, 7) is 3.86. The van der Waals surface area contributed by atoms with Gasteiger partial charge in [0.25, 0.3) is 0 Å². The number of aromatic nitrogens is 4. The Morgan fingerprint density at radius 3 is 2.66 bits per heavy atom. The zero-order valence-electron chi connectivity index (χ0n) is 16.5. The molecule has 0 saturated heterocycles. The van der Waals surface area contributed by atoms with Gasteiger partial charge in [-0.2, -0.15) is 5.10 Å². The van der Waals surface area contributed by atoms with Crippen LogP contribution in [0.15, 0.2) is 42.7 Å². The highest BCUT2D eigenvalue weighted by atomic mass is 19.1. The number of aliphatic carboxylic acids is 1. The van der Waals surface area contributed by atoms with Crippen LogP contribution >= 0.6 is 0 Å². The van der Waals surface area contributed by atoms with Crippen LogP contribution < -0.4 is 0 Å². The summed E-state index contributed by atoms with van der Waals surface area (Å²) in [6.07, 6.45) is 3.97. The minimum Gasteiger partial charge on any atom is -0.481 e. The average Bonchev–Trinajstić information content (AvgIpc) is 3.16. The molecule has 1 aromatic carbocycles. The lowest BCUT2D eigenvalue weighted by atomic mass is 10.0. The number of carbonyl (C=O) groups is 1. The molecule has 0 unspecified atom stereocenters. The summed E-state index contributed by atoms with van der Waals surface area (Å²) >= 11 is 0. The van der Waals surface area contributed by atoms with Crippen LogP contribution in [-0.2, 0) is 24.7 Å². The summed E-state index contributed by atoms with van der Waals surface area (Å²) in [5.74, 6) is -1.23. The van der Waals surface area contributed by atoms with E-state index < -0.39 is 5.97 Å². The average molecular weight is 392 g/mol. The van der Waals surface area contributed by atoms with Gasteiger partial charge in [0, 0.05) is 36.4 Å². The van der Waals surface area contributed by atoms with Crippen molar-refractivity contribution in [2.24, 2.45) is 7.05 Å². The van der Waals surface area contributed by atoms with Crippen molar-refractivity contribution in [1.82, 2.24) is 19.3 Å². The third-order valence-corrected chi connectivity index (χ3v) is 5.14. The fourth-order valence-electron chi connectivity index (χ4n) is 3.69. The van der Waals surface area contributed by atoms with Gasteiger partial charge in [0.05, 0.1) is 18.3 Å². The van der Waals surface area contributed by atoms with Crippen molar-refractivity contribution >= 4 is 17.0 Å². The van der Waals surface area contributed by atoms with E-state index >= 15 is 0 Å². The fraction of sp³-hybridized carbons (Fsp3) is 0.227. The standard InChI is InChI=1S/C22H21FN4O2/c1-13-11-24-26(3)20(13)9-15-8-17(23)5-7-19(15)27-12-16(10-21(28)29)18-6-4-14(2)25-22(18)27/h4-8,11-12H,9-10H2,1-3H3,(H,28,29). The lowest BCUT2D eigenvalue weighted by molar-refractivity contribution is -0.136. The Balaban J connectivity index is 1.92. The third-order valence-electron chi connectivity index (χ3n) is 5.14. The number of nitrogens with zero attached hydrogens (tertiary/aromatic N) is 4. The molecule has 0 aliphatic rings. The number of aryl methyl sites for hydroxylation is 3. The number of pyridine rings is 1. The Hall–Kier alpha value is -3.48. The molecule has 4 rings (SSSR count). The van der Waals surface area contributed by atoms with Crippen LogP contribution in [-0.4, -0.2) is 30.4 Å². The number of rotatable bonds is 5. The summed E-state index contributed by atoms with van der Waals surface area (Å²) in [4.78, 5) is 16.0. The van der Waals surface area contributed by atoms with Crippen LogP contribution in [0, 0.1) is 19.7 Å². The highest BCUT2D eigenvalue weighted by Crippen LogP contribution is 2.28. The Kier molecular flexibility index (Phi) is 4.66. The molecule has 0 atom stereocenters. The Labute approximate surface area is 167 Å². The molecule has 1 N–H and O–H groups in total. The van der Waals surface area contributed by atoms with Gasteiger partial charge in [0.2, 0.25) is 0 Å². The van der Waals surface area contributed by atoms with Crippen molar-refractivity contribution in [1.29, 1.82) is 0 Å². The van der Waals surface area contributed by atoms with Gasteiger partial charge in [0.1, 0.15) is 11.5 Å². The first-order chi connectivity index (χ1) is 13.8. The van der Waals surface area contributed by atoms with Crippen LogP contribution in [0.1, 0.15) is 28.1 Å². The second-order valence-corrected chi connectivity index (χ2v) is 7.27. The zero-order chi connectivity index (χ0) is 20.7. The van der Waals surface area contributed by atoms with Crippen molar-refractivity contribution in [3.05, 3.63) is 76.6 Å². The lowest BCUT2D eigenvalue weighted by Crippen LogP contribution is -2.06. The summed E-state index contributed by atoms with van der Waals surface area (Å²) in [6, 6.07) is 8.39. The smallest absolute Gasteiger partial charge is 0.307 e. The normalized spacial score (nSPS) is 11.3. The van der Waals surface area contributed by atoms with Gasteiger partial charge in [-0.3, -0.25) is 9.48 Å². The fourth-order valence-corrected chi connectivity index (χ4v) is 3.69. The molecule has 3 aromatic heterocycles. The Morgan fingerprint density at radius 2 is 1.97 bits per heavy atom. The molecule has 4 aromatic rings. The molecule has 29 heavy (non-hydrogen) atoms. The van der Waals surface area contributed by atoms with Crippen molar-refractivity contribution in [3.63, 3.8) is 0 Å². The number of fused-ring (bicyclic) bond motifs is 1. The summed E-state index contributed by atoms with van der Waals surface area (Å²) < 4.78 is 17.8. The van der Waals surface area contributed by atoms with E-state index in [2.05, 4.69) is 10.1 Å². The molecular weight excluding hydrogens is 371 g/mol. The number of halogens is 1. The second kappa shape index (κ2) is 7.16. The quantitative estimate of drug-likeness (QED) is 0.562. The van der Waals surface area contributed by atoms with Gasteiger partial charge in [-0.25, -0.2) is 9.37 Å². The molecule has 0 amide bonds. The first-order valence-corrected chi connectivity index (χ1v) is 9.29. The molecular formula is C22H21FN4O2. The Bertz CT molecular complexity index is 1220. The van der Waals surface area contributed by atoms with E-state index in [0.29, 0.717) is 17.6 Å². The van der Waals surface area contributed by atoms with Crippen LogP contribution in [0.3, 0.4) is 0 Å². The molecule has 6 nitrogen and oxygen atoms in total. The number of benzene rings is 1. The second-order valence-electron chi connectivity index (χ2n) is 7.27. The monoisotopic (exact) mass is 392 g/mol. The topological polar surface area (TPSA) is 72.9 Å². The van der Waals surface area contributed by atoms with E-state index in [1.807, 2.05) is 37.6 Å². The maximum atomic E-state index is 14.1. The number of hydrogen-bond donors (Lipinski definition) is 1. The van der Waals surface area contributed by atoms with E-state index in [4.69, 9.17) is 0 Å². The van der Waals surface area contributed by atoms with Gasteiger partial charge in [-0.05, 0) is 60.9 Å². The molecule has 7 heteroatoms. The molecule has 0 fully saturated rings. The lowest BCUT2D eigenvalue weighted by Gasteiger charge is -2.13. The van der Waals surface area contributed by atoms with Crippen LogP contribution in [0.25, 0.3) is 16.7 Å². The van der Waals surface area contributed by atoms with Crippen molar-refractivity contribution in [3.8, 4) is 5.69 Å². The van der Waals surface area contributed by atoms with Gasteiger partial charge >= 0.3 is 5.97 Å². The van der Waals surface area contributed by atoms with Gasteiger partial charge in [-0.1, -0.05) is 0 Å². The molecule has 0 saturated carbocycles. The maximum Gasteiger partial charge on any atom is 0.307 e. The van der Waals surface area contributed by atoms with Gasteiger partial charge < -0.3 is 9.67 Å². The van der Waals surface area contributed by atoms with Gasteiger partial charge in [0.15, 0.2) is 0 Å². The highest BCUT2D eigenvalue weighted by molar-refractivity contribution is 5.86. The van der Waals surface area contributed by atoms with E-state index in [1.54, 1.807) is 23.1 Å². The number of carboxylic acids is 1. The van der Waals surface area contributed by atoms with Crippen LogP contribution in [0.2, 0.25) is 0 Å². The van der Waals surface area contributed by atoms with Gasteiger partial charge in [-0.15, -0.1) is 0 Å². The molecule has 148 valence electrons. The summed E-state index contributed by atoms with van der Waals surface area (Å²) in [5.41, 5.74) is 5.72. The Morgan fingerprint density at radius 1 is 1.17 bits per heavy atom. The van der Waals surface area contributed by atoms with E-state index in [9.17, 15) is 14.3 Å². The molecule has 0 spiro atoms. The molecule has 0 radical (unpaired) electrons. The molecule has 0 aliphatic carbocycles. The highest BCUT2D eigenvalue weighted by Gasteiger charge is 2.17. The minimum atomic E-state index is -0.908. The SMILES string of the molecule is Cc1ccc2c(CC(=O)O)cn(-c3ccc(F)cc3Cc3c(C)cnn3C)c2n1.